The molecule has 0 radical (unpaired) electrons. The Morgan fingerprint density at radius 3 is 2.88 bits per heavy atom. The second-order valence-electron chi connectivity index (χ2n) is 3.59. The van der Waals surface area contributed by atoms with Crippen LogP contribution in [0.5, 0.6) is 0 Å². The van der Waals surface area contributed by atoms with Gasteiger partial charge in [-0.05, 0) is 18.2 Å². The van der Waals surface area contributed by atoms with Gasteiger partial charge in [-0.3, -0.25) is 9.48 Å². The van der Waals surface area contributed by atoms with Crippen LogP contribution < -0.4 is 11.1 Å². The van der Waals surface area contributed by atoms with E-state index in [1.165, 1.54) is 18.3 Å². The topological polar surface area (TPSA) is 72.9 Å². The first-order valence-electron chi connectivity index (χ1n) is 4.91. The standard InChI is InChI=1S/C11H11FN4O/c1-16-6-8(5-14-16)15-11(17)7-2-3-9(12)10(13)4-7/h2-6H,13H2,1H3,(H,15,17). The number of anilines is 2. The minimum Gasteiger partial charge on any atom is -0.396 e. The molecule has 0 bridgehead atoms. The van der Waals surface area contributed by atoms with E-state index in [0.717, 1.165) is 6.07 Å². The lowest BCUT2D eigenvalue weighted by Crippen LogP contribution is -2.12. The van der Waals surface area contributed by atoms with Gasteiger partial charge in [-0.2, -0.15) is 5.10 Å². The number of nitrogen functional groups attached to an aromatic ring is 1. The predicted molar refractivity (Wildman–Crippen MR) is 62.0 cm³/mol. The van der Waals surface area contributed by atoms with Crippen LogP contribution in [0.2, 0.25) is 0 Å². The predicted octanol–water partition coefficient (Wildman–Crippen LogP) is 1.39. The van der Waals surface area contributed by atoms with Gasteiger partial charge in [0, 0.05) is 18.8 Å². The normalized spacial score (nSPS) is 10.2. The van der Waals surface area contributed by atoms with E-state index in [1.807, 2.05) is 0 Å². The van der Waals surface area contributed by atoms with Crippen molar-refractivity contribution >= 4 is 17.3 Å². The van der Waals surface area contributed by atoms with Crippen molar-refractivity contribution < 1.29 is 9.18 Å². The second kappa shape index (κ2) is 4.25. The minimum atomic E-state index is -0.539. The van der Waals surface area contributed by atoms with Crippen LogP contribution >= 0.6 is 0 Å². The maximum absolute atomic E-state index is 12.9. The number of nitrogens with zero attached hydrogens (tertiary/aromatic N) is 2. The van der Waals surface area contributed by atoms with E-state index in [-0.39, 0.29) is 11.6 Å². The van der Waals surface area contributed by atoms with Gasteiger partial charge in [0.2, 0.25) is 0 Å². The molecule has 0 saturated carbocycles. The highest BCUT2D eigenvalue weighted by molar-refractivity contribution is 6.04. The number of benzene rings is 1. The maximum atomic E-state index is 12.9. The zero-order valence-electron chi connectivity index (χ0n) is 9.14. The number of hydrogen-bond acceptors (Lipinski definition) is 3. The van der Waals surface area contributed by atoms with E-state index in [0.29, 0.717) is 11.3 Å². The molecule has 2 rings (SSSR count). The molecule has 0 fully saturated rings. The van der Waals surface area contributed by atoms with Gasteiger partial charge in [-0.15, -0.1) is 0 Å². The van der Waals surface area contributed by atoms with Crippen molar-refractivity contribution in [3.8, 4) is 0 Å². The van der Waals surface area contributed by atoms with Crippen molar-refractivity contribution in [1.82, 2.24) is 9.78 Å². The Morgan fingerprint density at radius 2 is 2.29 bits per heavy atom. The quantitative estimate of drug-likeness (QED) is 0.771. The fraction of sp³-hybridized carbons (Fsp3) is 0.0909. The smallest absolute Gasteiger partial charge is 0.255 e. The molecule has 0 spiro atoms. The Balaban J connectivity index is 2.17. The van der Waals surface area contributed by atoms with Crippen molar-refractivity contribution in [1.29, 1.82) is 0 Å². The third kappa shape index (κ3) is 2.41. The van der Waals surface area contributed by atoms with E-state index >= 15 is 0 Å². The third-order valence-electron chi connectivity index (χ3n) is 2.22. The number of aryl methyl sites for hydroxylation is 1. The summed E-state index contributed by atoms with van der Waals surface area (Å²) in [6, 6.07) is 3.83. The number of carbonyl (C=O) groups is 1. The largest absolute Gasteiger partial charge is 0.396 e. The molecular weight excluding hydrogens is 223 g/mol. The number of rotatable bonds is 2. The van der Waals surface area contributed by atoms with Gasteiger partial charge in [-0.1, -0.05) is 0 Å². The Bertz CT molecular complexity index is 564. The molecular formula is C11H11FN4O. The first kappa shape index (κ1) is 11.1. The summed E-state index contributed by atoms with van der Waals surface area (Å²) in [6.45, 7) is 0. The van der Waals surface area contributed by atoms with Crippen molar-refractivity contribution in [3.63, 3.8) is 0 Å². The highest BCUT2D eigenvalue weighted by Crippen LogP contribution is 2.14. The Labute approximate surface area is 97.0 Å². The molecule has 3 N–H and O–H groups in total. The molecule has 17 heavy (non-hydrogen) atoms. The number of hydrogen-bond donors (Lipinski definition) is 2. The van der Waals surface area contributed by atoms with Crippen LogP contribution in [0.15, 0.2) is 30.6 Å². The molecule has 1 heterocycles. The summed E-state index contributed by atoms with van der Waals surface area (Å²) in [5.41, 5.74) is 6.20. The summed E-state index contributed by atoms with van der Waals surface area (Å²) < 4.78 is 14.5. The molecule has 88 valence electrons. The zero-order valence-corrected chi connectivity index (χ0v) is 9.14. The van der Waals surface area contributed by atoms with Crippen LogP contribution in [0.3, 0.4) is 0 Å². The molecule has 0 saturated heterocycles. The van der Waals surface area contributed by atoms with Gasteiger partial charge in [0.1, 0.15) is 5.82 Å². The molecule has 0 unspecified atom stereocenters. The van der Waals surface area contributed by atoms with Crippen LogP contribution in [-0.4, -0.2) is 15.7 Å². The van der Waals surface area contributed by atoms with Gasteiger partial charge in [0.05, 0.1) is 17.6 Å². The average Bonchev–Trinajstić information content (AvgIpc) is 2.68. The molecule has 1 aromatic heterocycles. The third-order valence-corrected chi connectivity index (χ3v) is 2.22. The molecule has 1 amide bonds. The molecule has 5 nitrogen and oxygen atoms in total. The molecule has 1 aromatic carbocycles. The molecule has 0 aliphatic heterocycles. The van der Waals surface area contributed by atoms with Crippen LogP contribution in [0, 0.1) is 5.82 Å². The number of nitrogens with two attached hydrogens (primary N) is 1. The monoisotopic (exact) mass is 234 g/mol. The zero-order chi connectivity index (χ0) is 12.4. The summed E-state index contributed by atoms with van der Waals surface area (Å²) in [5, 5.41) is 6.54. The molecule has 0 atom stereocenters. The van der Waals surface area contributed by atoms with Crippen molar-refractivity contribution in [3.05, 3.63) is 42.0 Å². The second-order valence-corrected chi connectivity index (χ2v) is 3.59. The highest BCUT2D eigenvalue weighted by atomic mass is 19.1. The lowest BCUT2D eigenvalue weighted by Gasteiger charge is -2.03. The highest BCUT2D eigenvalue weighted by Gasteiger charge is 2.09. The Morgan fingerprint density at radius 1 is 1.53 bits per heavy atom. The minimum absolute atomic E-state index is 0.0520. The first-order chi connectivity index (χ1) is 8.06. The van der Waals surface area contributed by atoms with E-state index in [2.05, 4.69) is 10.4 Å². The van der Waals surface area contributed by atoms with Crippen molar-refractivity contribution in [2.75, 3.05) is 11.1 Å². The summed E-state index contributed by atoms with van der Waals surface area (Å²) in [5.74, 6) is -0.896. The van der Waals surface area contributed by atoms with E-state index in [4.69, 9.17) is 5.73 Å². The van der Waals surface area contributed by atoms with Crippen molar-refractivity contribution in [2.24, 2.45) is 7.05 Å². The molecule has 6 heteroatoms. The maximum Gasteiger partial charge on any atom is 0.255 e. The fourth-order valence-corrected chi connectivity index (χ4v) is 1.37. The Hall–Kier alpha value is -2.37. The van der Waals surface area contributed by atoms with Crippen LogP contribution in [0.25, 0.3) is 0 Å². The van der Waals surface area contributed by atoms with E-state index in [1.54, 1.807) is 17.9 Å². The van der Waals surface area contributed by atoms with Crippen molar-refractivity contribution in [2.45, 2.75) is 0 Å². The molecule has 2 aromatic rings. The number of halogens is 1. The summed E-state index contributed by atoms with van der Waals surface area (Å²) in [4.78, 5) is 11.8. The van der Waals surface area contributed by atoms with Crippen LogP contribution in [0.1, 0.15) is 10.4 Å². The molecule has 0 aliphatic rings. The van der Waals surface area contributed by atoms with Crippen LogP contribution in [0.4, 0.5) is 15.8 Å². The van der Waals surface area contributed by atoms with Gasteiger partial charge >= 0.3 is 0 Å². The number of nitrogens with one attached hydrogen (secondary N) is 1. The number of aromatic nitrogens is 2. The summed E-state index contributed by atoms with van der Waals surface area (Å²) in [7, 11) is 1.74. The Kier molecular flexibility index (Phi) is 2.78. The lowest BCUT2D eigenvalue weighted by atomic mass is 10.2. The average molecular weight is 234 g/mol. The summed E-state index contributed by atoms with van der Waals surface area (Å²) >= 11 is 0. The van der Waals surface area contributed by atoms with Gasteiger partial charge < -0.3 is 11.1 Å². The first-order valence-corrected chi connectivity index (χ1v) is 4.91. The van der Waals surface area contributed by atoms with Gasteiger partial charge in [0.25, 0.3) is 5.91 Å². The van der Waals surface area contributed by atoms with Gasteiger partial charge in [-0.25, -0.2) is 4.39 Å². The lowest BCUT2D eigenvalue weighted by molar-refractivity contribution is 0.102. The van der Waals surface area contributed by atoms with Gasteiger partial charge in [0.15, 0.2) is 0 Å². The van der Waals surface area contributed by atoms with Crippen LogP contribution in [-0.2, 0) is 7.05 Å². The van der Waals surface area contributed by atoms with E-state index in [9.17, 15) is 9.18 Å². The fourth-order valence-electron chi connectivity index (χ4n) is 1.37. The van der Waals surface area contributed by atoms with E-state index < -0.39 is 5.82 Å². The SMILES string of the molecule is Cn1cc(NC(=O)c2ccc(F)c(N)c2)cn1. The summed E-state index contributed by atoms with van der Waals surface area (Å²) in [6.07, 6.45) is 3.18. The number of carbonyl (C=O) groups excluding carboxylic acids is 1. The number of amides is 1. The molecule has 0 aliphatic carbocycles.